The summed E-state index contributed by atoms with van der Waals surface area (Å²) >= 11 is 0. The predicted molar refractivity (Wildman–Crippen MR) is 86.5 cm³/mol. The number of halogens is 1. The zero-order chi connectivity index (χ0) is 14.8. The molecule has 3 rings (SSSR count). The SMILES string of the molecule is CCN(c1ccccc1)c1nc(N)[n+](C)c2ccccc12.[I-]. The molecule has 0 aliphatic heterocycles. The summed E-state index contributed by atoms with van der Waals surface area (Å²) in [6, 6.07) is 18.5. The number of hydrogen-bond donors (Lipinski definition) is 1. The van der Waals surface area contributed by atoms with E-state index < -0.39 is 0 Å². The number of aromatic nitrogens is 2. The highest BCUT2D eigenvalue weighted by atomic mass is 127. The van der Waals surface area contributed by atoms with Crippen molar-refractivity contribution in [1.82, 2.24) is 4.98 Å². The molecule has 5 heteroatoms. The van der Waals surface area contributed by atoms with E-state index in [2.05, 4.69) is 41.1 Å². The van der Waals surface area contributed by atoms with Crippen LogP contribution < -0.4 is 39.2 Å². The van der Waals surface area contributed by atoms with Gasteiger partial charge in [0.15, 0.2) is 0 Å². The number of aryl methyl sites for hydroxylation is 1. The highest BCUT2D eigenvalue weighted by Crippen LogP contribution is 2.29. The van der Waals surface area contributed by atoms with Crippen LogP contribution in [0.2, 0.25) is 0 Å². The number of nitrogens with zero attached hydrogens (tertiary/aromatic N) is 3. The molecule has 0 bridgehead atoms. The van der Waals surface area contributed by atoms with Crippen molar-refractivity contribution in [3.63, 3.8) is 0 Å². The third-order valence-corrected chi connectivity index (χ3v) is 3.71. The van der Waals surface area contributed by atoms with Crippen LogP contribution in [0, 0.1) is 0 Å². The van der Waals surface area contributed by atoms with Gasteiger partial charge in [-0.3, -0.25) is 5.73 Å². The molecule has 0 aliphatic rings. The summed E-state index contributed by atoms with van der Waals surface area (Å²) in [6.07, 6.45) is 0. The Bertz CT molecular complexity index is 774. The summed E-state index contributed by atoms with van der Waals surface area (Å²) in [4.78, 5) is 6.79. The van der Waals surface area contributed by atoms with Crippen molar-refractivity contribution >= 4 is 28.4 Å². The third-order valence-electron chi connectivity index (χ3n) is 3.71. The molecule has 0 atom stereocenters. The fourth-order valence-corrected chi connectivity index (χ4v) is 2.59. The fraction of sp³-hybridized carbons (Fsp3) is 0.176. The zero-order valence-corrected chi connectivity index (χ0v) is 14.9. The Morgan fingerprint density at radius 3 is 2.36 bits per heavy atom. The van der Waals surface area contributed by atoms with Crippen LogP contribution in [0.15, 0.2) is 54.6 Å². The lowest BCUT2D eigenvalue weighted by Crippen LogP contribution is -3.00. The number of hydrogen-bond acceptors (Lipinski definition) is 3. The van der Waals surface area contributed by atoms with Crippen LogP contribution in [0.3, 0.4) is 0 Å². The third kappa shape index (κ3) is 2.85. The van der Waals surface area contributed by atoms with Gasteiger partial charge in [-0.1, -0.05) is 35.3 Å². The first kappa shape index (κ1) is 16.5. The number of rotatable bonds is 3. The van der Waals surface area contributed by atoms with Crippen molar-refractivity contribution in [3.8, 4) is 0 Å². The lowest BCUT2D eigenvalue weighted by Gasteiger charge is -2.21. The molecule has 3 aromatic rings. The highest BCUT2D eigenvalue weighted by molar-refractivity contribution is 5.90. The minimum Gasteiger partial charge on any atom is -1.00 e. The topological polar surface area (TPSA) is 46.0 Å². The molecule has 0 aliphatic carbocycles. The van der Waals surface area contributed by atoms with Crippen LogP contribution >= 0.6 is 0 Å². The molecule has 2 aromatic carbocycles. The van der Waals surface area contributed by atoms with Gasteiger partial charge in [-0.25, -0.2) is 4.57 Å². The normalized spacial score (nSPS) is 10.3. The molecule has 0 fully saturated rings. The average Bonchev–Trinajstić information content (AvgIpc) is 2.54. The first-order valence-electron chi connectivity index (χ1n) is 7.09. The van der Waals surface area contributed by atoms with Crippen molar-refractivity contribution < 1.29 is 28.5 Å². The summed E-state index contributed by atoms with van der Waals surface area (Å²) in [5, 5.41) is 1.10. The van der Waals surface area contributed by atoms with Crippen LogP contribution in [0.25, 0.3) is 10.9 Å². The lowest BCUT2D eigenvalue weighted by molar-refractivity contribution is -0.632. The number of para-hydroxylation sites is 2. The van der Waals surface area contributed by atoms with Crippen LogP contribution in [0.5, 0.6) is 0 Å². The van der Waals surface area contributed by atoms with Crippen LogP contribution in [0.1, 0.15) is 6.92 Å². The van der Waals surface area contributed by atoms with Crippen molar-refractivity contribution in [2.24, 2.45) is 7.05 Å². The van der Waals surface area contributed by atoms with E-state index in [0.717, 1.165) is 29.0 Å². The van der Waals surface area contributed by atoms with Gasteiger partial charge in [0.25, 0.3) is 0 Å². The molecule has 0 saturated carbocycles. The van der Waals surface area contributed by atoms with E-state index >= 15 is 0 Å². The maximum Gasteiger partial charge on any atom is 0.391 e. The minimum absolute atomic E-state index is 0. The van der Waals surface area contributed by atoms with Gasteiger partial charge in [0.05, 0.1) is 12.4 Å². The van der Waals surface area contributed by atoms with Gasteiger partial charge < -0.3 is 28.9 Å². The van der Waals surface area contributed by atoms with E-state index in [1.807, 2.05) is 41.9 Å². The molecule has 2 N–H and O–H groups in total. The standard InChI is InChI=1S/C17H18N4.HI/c1-3-21(13-9-5-4-6-10-13)16-14-11-7-8-12-15(14)20(2)17(18)19-16;/h4-12,18H,3H2,1-2H3;1H. The van der Waals surface area contributed by atoms with E-state index in [1.54, 1.807) is 0 Å². The number of nitrogens with two attached hydrogens (primary N) is 1. The average molecular weight is 406 g/mol. The largest absolute Gasteiger partial charge is 1.00 e. The van der Waals surface area contributed by atoms with Gasteiger partial charge in [-0.2, -0.15) is 0 Å². The van der Waals surface area contributed by atoms with E-state index in [4.69, 9.17) is 5.73 Å². The monoisotopic (exact) mass is 406 g/mol. The van der Waals surface area contributed by atoms with Gasteiger partial charge in [0.1, 0.15) is 5.52 Å². The summed E-state index contributed by atoms with van der Waals surface area (Å²) in [5.41, 5.74) is 8.28. The summed E-state index contributed by atoms with van der Waals surface area (Å²) in [5.74, 6) is 1.41. The van der Waals surface area contributed by atoms with Gasteiger partial charge in [-0.15, -0.1) is 0 Å². The molecule has 1 heterocycles. The predicted octanol–water partition coefficient (Wildman–Crippen LogP) is -0.196. The minimum atomic E-state index is 0. The smallest absolute Gasteiger partial charge is 0.391 e. The van der Waals surface area contributed by atoms with Crippen molar-refractivity contribution in [2.75, 3.05) is 17.2 Å². The van der Waals surface area contributed by atoms with Crippen molar-refractivity contribution in [3.05, 3.63) is 54.6 Å². The van der Waals surface area contributed by atoms with Gasteiger partial charge >= 0.3 is 5.95 Å². The van der Waals surface area contributed by atoms with Crippen LogP contribution in [0.4, 0.5) is 17.5 Å². The fourth-order valence-electron chi connectivity index (χ4n) is 2.59. The van der Waals surface area contributed by atoms with Crippen LogP contribution in [-0.2, 0) is 7.05 Å². The van der Waals surface area contributed by atoms with E-state index in [-0.39, 0.29) is 24.0 Å². The van der Waals surface area contributed by atoms with Gasteiger partial charge in [0, 0.05) is 12.2 Å². The molecule has 0 saturated heterocycles. The second-order valence-electron chi connectivity index (χ2n) is 4.95. The Kier molecular flexibility index (Phi) is 5.18. The Morgan fingerprint density at radius 1 is 1.05 bits per heavy atom. The Labute approximate surface area is 147 Å². The maximum absolute atomic E-state index is 6.08. The Hall–Kier alpha value is -1.89. The summed E-state index contributed by atoms with van der Waals surface area (Å²) in [7, 11) is 1.94. The van der Waals surface area contributed by atoms with Gasteiger partial charge in [-0.05, 0) is 31.2 Å². The first-order chi connectivity index (χ1) is 10.2. The molecule has 0 unspecified atom stereocenters. The molecular weight excluding hydrogens is 387 g/mol. The molecule has 0 amide bonds. The number of benzene rings is 2. The van der Waals surface area contributed by atoms with Crippen molar-refractivity contribution in [1.29, 1.82) is 0 Å². The second kappa shape index (κ2) is 6.91. The lowest BCUT2D eigenvalue weighted by atomic mass is 10.2. The second-order valence-corrected chi connectivity index (χ2v) is 4.95. The van der Waals surface area contributed by atoms with Crippen molar-refractivity contribution in [2.45, 2.75) is 6.92 Å². The highest BCUT2D eigenvalue weighted by Gasteiger charge is 2.20. The quantitative estimate of drug-likeness (QED) is 0.485. The van der Waals surface area contributed by atoms with Crippen LogP contribution in [-0.4, -0.2) is 11.5 Å². The summed E-state index contributed by atoms with van der Waals surface area (Å²) < 4.78 is 1.91. The summed E-state index contributed by atoms with van der Waals surface area (Å²) in [6.45, 7) is 2.95. The van der Waals surface area contributed by atoms with E-state index in [1.165, 1.54) is 0 Å². The molecule has 22 heavy (non-hydrogen) atoms. The molecule has 0 radical (unpaired) electrons. The number of nitrogen functional groups attached to an aromatic ring is 1. The molecule has 0 spiro atoms. The number of fused-ring (bicyclic) bond motifs is 1. The van der Waals surface area contributed by atoms with E-state index in [9.17, 15) is 0 Å². The Balaban J connectivity index is 0.00000176. The maximum atomic E-state index is 6.08. The Morgan fingerprint density at radius 2 is 1.68 bits per heavy atom. The molecule has 114 valence electrons. The molecule has 1 aromatic heterocycles. The zero-order valence-electron chi connectivity index (χ0n) is 12.7. The molecule has 4 nitrogen and oxygen atoms in total. The number of anilines is 3. The molecular formula is C17H19IN4. The first-order valence-corrected chi connectivity index (χ1v) is 7.09. The van der Waals surface area contributed by atoms with E-state index in [0.29, 0.717) is 5.95 Å². The van der Waals surface area contributed by atoms with Gasteiger partial charge in [0.2, 0.25) is 5.82 Å².